The van der Waals surface area contributed by atoms with E-state index in [9.17, 15) is 4.79 Å². The first-order valence-electron chi connectivity index (χ1n) is 6.27. The van der Waals surface area contributed by atoms with Gasteiger partial charge in [-0.15, -0.1) is 0 Å². The second kappa shape index (κ2) is 4.53. The molecule has 0 saturated carbocycles. The molecular weight excluding hydrogens is 232 g/mol. The number of carbonyl (C=O) groups excluding carboxylic acids is 1. The van der Waals surface area contributed by atoms with Gasteiger partial charge in [-0.3, -0.25) is 0 Å². The molecule has 2 saturated heterocycles. The van der Waals surface area contributed by atoms with Crippen molar-refractivity contribution in [2.75, 3.05) is 24.6 Å². The number of fused-ring (bicyclic) bond motifs is 2. The fourth-order valence-electron chi connectivity index (χ4n) is 2.60. The van der Waals surface area contributed by atoms with Crippen LogP contribution in [0, 0.1) is 0 Å². The molecule has 2 atom stereocenters. The van der Waals surface area contributed by atoms with E-state index in [-0.39, 0.29) is 5.97 Å². The molecule has 0 radical (unpaired) electrons. The van der Waals surface area contributed by atoms with Crippen LogP contribution in [0.5, 0.6) is 0 Å². The summed E-state index contributed by atoms with van der Waals surface area (Å²) in [5.41, 5.74) is 0.406. The highest BCUT2D eigenvalue weighted by Crippen LogP contribution is 2.26. The van der Waals surface area contributed by atoms with Gasteiger partial charge in [0.2, 0.25) is 5.95 Å². The molecule has 2 fully saturated rings. The number of nitrogens with zero attached hydrogens (tertiary/aromatic N) is 3. The van der Waals surface area contributed by atoms with E-state index in [0.717, 1.165) is 19.5 Å². The Morgan fingerprint density at radius 2 is 2.33 bits per heavy atom. The summed E-state index contributed by atoms with van der Waals surface area (Å²) >= 11 is 0. The number of carbonyl (C=O) groups is 1. The standard InChI is InChI=1S/C12H16N4O2/c1-2-18-11(17)8-4-14-12(15-5-8)16-7-9-3-10(16)6-13-9/h4-5,9-10,13H,2-3,6-7H2,1H3/t9-,10-/m0/s1. The van der Waals surface area contributed by atoms with E-state index in [0.29, 0.717) is 30.2 Å². The van der Waals surface area contributed by atoms with Gasteiger partial charge >= 0.3 is 5.97 Å². The van der Waals surface area contributed by atoms with Crippen molar-refractivity contribution in [3.8, 4) is 0 Å². The summed E-state index contributed by atoms with van der Waals surface area (Å²) in [5.74, 6) is 0.339. The first-order valence-corrected chi connectivity index (χ1v) is 6.27. The van der Waals surface area contributed by atoms with Crippen molar-refractivity contribution in [3.05, 3.63) is 18.0 Å². The number of aromatic nitrogens is 2. The van der Waals surface area contributed by atoms with Crippen LogP contribution in [0.15, 0.2) is 12.4 Å². The molecule has 18 heavy (non-hydrogen) atoms. The monoisotopic (exact) mass is 248 g/mol. The SMILES string of the molecule is CCOC(=O)c1cnc(N2C[C@@H]3C[C@H]2CN3)nc1. The van der Waals surface area contributed by atoms with E-state index < -0.39 is 0 Å². The number of esters is 1. The Hall–Kier alpha value is -1.69. The second-order valence-electron chi connectivity index (χ2n) is 4.64. The van der Waals surface area contributed by atoms with Gasteiger partial charge in [0.05, 0.1) is 12.2 Å². The predicted molar refractivity (Wildman–Crippen MR) is 65.5 cm³/mol. The molecule has 3 heterocycles. The van der Waals surface area contributed by atoms with Gasteiger partial charge in [-0.05, 0) is 13.3 Å². The summed E-state index contributed by atoms with van der Waals surface area (Å²) in [6, 6.07) is 1.05. The van der Waals surface area contributed by atoms with Crippen molar-refractivity contribution < 1.29 is 9.53 Å². The molecule has 0 unspecified atom stereocenters. The molecule has 0 spiro atoms. The number of hydrogen-bond acceptors (Lipinski definition) is 6. The minimum Gasteiger partial charge on any atom is -0.462 e. The molecule has 6 heteroatoms. The molecule has 2 bridgehead atoms. The number of ether oxygens (including phenoxy) is 1. The molecule has 2 aliphatic heterocycles. The van der Waals surface area contributed by atoms with Crippen molar-refractivity contribution in [2.45, 2.75) is 25.4 Å². The fourth-order valence-corrected chi connectivity index (χ4v) is 2.60. The highest BCUT2D eigenvalue weighted by atomic mass is 16.5. The Labute approximate surface area is 105 Å². The van der Waals surface area contributed by atoms with Gasteiger partial charge in [0, 0.05) is 37.6 Å². The van der Waals surface area contributed by atoms with Gasteiger partial charge in [-0.25, -0.2) is 14.8 Å². The van der Waals surface area contributed by atoms with Crippen molar-refractivity contribution in [1.82, 2.24) is 15.3 Å². The van der Waals surface area contributed by atoms with E-state index in [1.807, 2.05) is 0 Å². The summed E-state index contributed by atoms with van der Waals surface area (Å²) in [6.45, 7) is 4.08. The Morgan fingerprint density at radius 1 is 1.56 bits per heavy atom. The molecule has 1 aromatic heterocycles. The van der Waals surface area contributed by atoms with E-state index in [1.165, 1.54) is 0 Å². The van der Waals surface area contributed by atoms with Crippen LogP contribution in [0.25, 0.3) is 0 Å². The van der Waals surface area contributed by atoms with Gasteiger partial charge in [0.15, 0.2) is 0 Å². The van der Waals surface area contributed by atoms with Crippen LogP contribution in [0.2, 0.25) is 0 Å². The van der Waals surface area contributed by atoms with Crippen LogP contribution in [0.3, 0.4) is 0 Å². The molecule has 1 N–H and O–H groups in total. The number of piperazine rings is 1. The second-order valence-corrected chi connectivity index (χ2v) is 4.64. The molecule has 0 amide bonds. The number of nitrogens with one attached hydrogen (secondary N) is 1. The first-order chi connectivity index (χ1) is 8.78. The maximum absolute atomic E-state index is 11.5. The maximum atomic E-state index is 11.5. The zero-order valence-electron chi connectivity index (χ0n) is 10.3. The molecule has 1 aromatic rings. The van der Waals surface area contributed by atoms with Crippen molar-refractivity contribution in [2.24, 2.45) is 0 Å². The molecule has 96 valence electrons. The Balaban J connectivity index is 1.73. The van der Waals surface area contributed by atoms with E-state index >= 15 is 0 Å². The summed E-state index contributed by atoms with van der Waals surface area (Å²) in [7, 11) is 0. The van der Waals surface area contributed by atoms with Crippen molar-refractivity contribution in [3.63, 3.8) is 0 Å². The van der Waals surface area contributed by atoms with Crippen molar-refractivity contribution in [1.29, 1.82) is 0 Å². The Bertz CT molecular complexity index is 448. The average Bonchev–Trinajstić information content (AvgIpc) is 3.01. The lowest BCUT2D eigenvalue weighted by Crippen LogP contribution is -2.44. The molecule has 2 aliphatic rings. The molecule has 3 rings (SSSR count). The first kappa shape index (κ1) is 11.4. The fraction of sp³-hybridized carbons (Fsp3) is 0.583. The van der Waals surface area contributed by atoms with Crippen LogP contribution in [-0.2, 0) is 4.74 Å². The normalized spacial score (nSPS) is 25.5. The average molecular weight is 248 g/mol. The van der Waals surface area contributed by atoms with E-state index in [2.05, 4.69) is 20.2 Å². The zero-order chi connectivity index (χ0) is 12.5. The highest BCUT2D eigenvalue weighted by molar-refractivity contribution is 5.88. The number of rotatable bonds is 3. The lowest BCUT2D eigenvalue weighted by atomic mass is 10.2. The molecule has 0 aliphatic carbocycles. The van der Waals surface area contributed by atoms with Crippen LogP contribution in [-0.4, -0.2) is 47.7 Å². The third-order valence-electron chi connectivity index (χ3n) is 3.46. The van der Waals surface area contributed by atoms with Crippen LogP contribution < -0.4 is 10.2 Å². The van der Waals surface area contributed by atoms with Gasteiger partial charge in [-0.2, -0.15) is 0 Å². The van der Waals surface area contributed by atoms with Crippen LogP contribution >= 0.6 is 0 Å². The predicted octanol–water partition coefficient (Wildman–Crippen LogP) is 0.204. The molecule has 0 aromatic carbocycles. The third kappa shape index (κ3) is 1.92. The molecule has 6 nitrogen and oxygen atoms in total. The lowest BCUT2D eigenvalue weighted by molar-refractivity contribution is 0.0525. The minimum atomic E-state index is -0.367. The van der Waals surface area contributed by atoms with Crippen LogP contribution in [0.4, 0.5) is 5.95 Å². The summed E-state index contributed by atoms with van der Waals surface area (Å²) in [4.78, 5) is 22.2. The zero-order valence-corrected chi connectivity index (χ0v) is 10.3. The molecular formula is C12H16N4O2. The topological polar surface area (TPSA) is 67.3 Å². The summed E-state index contributed by atoms with van der Waals surface area (Å²) < 4.78 is 4.90. The number of anilines is 1. The van der Waals surface area contributed by atoms with Gasteiger partial charge < -0.3 is 15.0 Å². The summed E-state index contributed by atoms with van der Waals surface area (Å²) in [5, 5.41) is 3.43. The quantitative estimate of drug-likeness (QED) is 0.771. The number of hydrogen-bond donors (Lipinski definition) is 1. The third-order valence-corrected chi connectivity index (χ3v) is 3.46. The Kier molecular flexibility index (Phi) is 2.87. The maximum Gasteiger partial charge on any atom is 0.341 e. The Morgan fingerprint density at radius 3 is 2.89 bits per heavy atom. The largest absolute Gasteiger partial charge is 0.462 e. The van der Waals surface area contributed by atoms with Gasteiger partial charge in [0.25, 0.3) is 0 Å². The highest BCUT2D eigenvalue weighted by Gasteiger charge is 2.38. The van der Waals surface area contributed by atoms with Crippen molar-refractivity contribution >= 4 is 11.9 Å². The smallest absolute Gasteiger partial charge is 0.341 e. The summed E-state index contributed by atoms with van der Waals surface area (Å²) in [6.07, 6.45) is 4.24. The van der Waals surface area contributed by atoms with E-state index in [4.69, 9.17) is 4.74 Å². The van der Waals surface area contributed by atoms with E-state index in [1.54, 1.807) is 19.3 Å². The van der Waals surface area contributed by atoms with Crippen LogP contribution in [0.1, 0.15) is 23.7 Å². The minimum absolute atomic E-state index is 0.363. The van der Waals surface area contributed by atoms with Gasteiger partial charge in [-0.1, -0.05) is 0 Å². The van der Waals surface area contributed by atoms with Gasteiger partial charge in [0.1, 0.15) is 0 Å². The lowest BCUT2D eigenvalue weighted by Gasteiger charge is -2.27.